The average Bonchev–Trinajstić information content (AvgIpc) is 2.76. The minimum absolute atomic E-state index is 0.223. The molecule has 98 valence electrons. The van der Waals surface area contributed by atoms with E-state index in [0.29, 0.717) is 17.4 Å². The second-order valence-corrected chi connectivity index (χ2v) is 6.13. The molecule has 0 aromatic rings. The van der Waals surface area contributed by atoms with Gasteiger partial charge in [-0.1, -0.05) is 20.3 Å². The minimum atomic E-state index is 0.223. The zero-order chi connectivity index (χ0) is 12.5. The number of carbonyl (C=O) groups excluding carboxylic acids is 1. The van der Waals surface area contributed by atoms with Crippen LogP contribution in [0.3, 0.4) is 0 Å². The van der Waals surface area contributed by atoms with E-state index in [2.05, 4.69) is 31.0 Å². The molecule has 2 heterocycles. The van der Waals surface area contributed by atoms with Crippen LogP contribution >= 0.6 is 0 Å². The summed E-state index contributed by atoms with van der Waals surface area (Å²) < 4.78 is 0. The van der Waals surface area contributed by atoms with Gasteiger partial charge in [0.15, 0.2) is 0 Å². The van der Waals surface area contributed by atoms with Gasteiger partial charge in [0.25, 0.3) is 0 Å². The number of piperidine rings is 1. The number of nitrogens with one attached hydrogen (secondary N) is 1. The van der Waals surface area contributed by atoms with Crippen molar-refractivity contribution >= 4 is 5.91 Å². The summed E-state index contributed by atoms with van der Waals surface area (Å²) in [6.07, 6.45) is 4.59. The second-order valence-electron chi connectivity index (χ2n) is 6.13. The van der Waals surface area contributed by atoms with Gasteiger partial charge in [0.2, 0.25) is 5.91 Å². The fourth-order valence-electron chi connectivity index (χ4n) is 3.05. The maximum atomic E-state index is 12.4. The third kappa shape index (κ3) is 2.65. The van der Waals surface area contributed by atoms with E-state index in [4.69, 9.17) is 0 Å². The van der Waals surface area contributed by atoms with Gasteiger partial charge in [-0.2, -0.15) is 0 Å². The van der Waals surface area contributed by atoms with E-state index in [-0.39, 0.29) is 5.92 Å². The Morgan fingerprint density at radius 1 is 1.41 bits per heavy atom. The first-order valence-corrected chi connectivity index (χ1v) is 7.08. The van der Waals surface area contributed by atoms with E-state index in [1.165, 1.54) is 19.3 Å². The summed E-state index contributed by atoms with van der Waals surface area (Å²) in [5, 5.41) is 3.37. The molecule has 2 fully saturated rings. The highest BCUT2D eigenvalue weighted by molar-refractivity contribution is 5.80. The third-order valence-corrected chi connectivity index (χ3v) is 4.98. The van der Waals surface area contributed by atoms with Gasteiger partial charge in [-0.15, -0.1) is 0 Å². The molecule has 2 unspecified atom stereocenters. The normalized spacial score (nSPS) is 32.8. The molecule has 0 spiro atoms. The molecular weight excluding hydrogens is 212 g/mol. The Balaban J connectivity index is 1.90. The van der Waals surface area contributed by atoms with Crippen molar-refractivity contribution in [1.82, 2.24) is 10.2 Å². The zero-order valence-electron chi connectivity index (χ0n) is 11.5. The second kappa shape index (κ2) is 4.97. The lowest BCUT2D eigenvalue weighted by Crippen LogP contribution is -2.46. The van der Waals surface area contributed by atoms with Crippen LogP contribution in [0.25, 0.3) is 0 Å². The maximum Gasteiger partial charge on any atom is 0.227 e. The van der Waals surface area contributed by atoms with Crippen molar-refractivity contribution in [3.05, 3.63) is 0 Å². The van der Waals surface area contributed by atoms with E-state index >= 15 is 0 Å². The monoisotopic (exact) mass is 238 g/mol. The number of hydrogen-bond acceptors (Lipinski definition) is 2. The lowest BCUT2D eigenvalue weighted by atomic mass is 9.78. The number of hydrogen-bond donors (Lipinski definition) is 1. The molecule has 17 heavy (non-hydrogen) atoms. The van der Waals surface area contributed by atoms with Gasteiger partial charge in [0.05, 0.1) is 5.92 Å². The van der Waals surface area contributed by atoms with E-state index in [1.807, 2.05) is 0 Å². The van der Waals surface area contributed by atoms with Gasteiger partial charge in [0.1, 0.15) is 0 Å². The van der Waals surface area contributed by atoms with Crippen LogP contribution in [0.1, 0.15) is 46.5 Å². The first-order valence-electron chi connectivity index (χ1n) is 7.08. The van der Waals surface area contributed by atoms with Gasteiger partial charge in [-0.05, 0) is 38.1 Å². The number of rotatable bonds is 2. The smallest absolute Gasteiger partial charge is 0.227 e. The molecule has 0 radical (unpaired) electrons. The summed E-state index contributed by atoms with van der Waals surface area (Å²) in [5.41, 5.74) is 0.469. The standard InChI is InChI=1S/C14H26N2O/c1-4-14(3)6-9-16(10-7-14)13(17)12-5-8-15-11(12)2/h11-12,15H,4-10H2,1-3H3. The number of amides is 1. The highest BCUT2D eigenvalue weighted by Crippen LogP contribution is 2.34. The van der Waals surface area contributed by atoms with Crippen molar-refractivity contribution < 1.29 is 4.79 Å². The highest BCUT2D eigenvalue weighted by Gasteiger charge is 2.36. The van der Waals surface area contributed by atoms with Crippen molar-refractivity contribution in [3.8, 4) is 0 Å². The zero-order valence-corrected chi connectivity index (χ0v) is 11.5. The van der Waals surface area contributed by atoms with Gasteiger partial charge in [-0.25, -0.2) is 0 Å². The molecule has 2 rings (SSSR count). The molecule has 0 aliphatic carbocycles. The highest BCUT2D eigenvalue weighted by atomic mass is 16.2. The van der Waals surface area contributed by atoms with Crippen LogP contribution in [0.2, 0.25) is 0 Å². The largest absolute Gasteiger partial charge is 0.342 e. The van der Waals surface area contributed by atoms with Crippen LogP contribution in [-0.2, 0) is 4.79 Å². The molecule has 1 amide bonds. The number of carbonyl (C=O) groups is 1. The van der Waals surface area contributed by atoms with Gasteiger partial charge >= 0.3 is 0 Å². The molecule has 0 bridgehead atoms. The summed E-state index contributed by atoms with van der Waals surface area (Å²) in [6.45, 7) is 9.68. The first-order chi connectivity index (χ1) is 8.06. The van der Waals surface area contributed by atoms with E-state index in [9.17, 15) is 4.79 Å². The molecule has 2 saturated heterocycles. The Hall–Kier alpha value is -0.570. The van der Waals surface area contributed by atoms with E-state index in [0.717, 1.165) is 26.1 Å². The van der Waals surface area contributed by atoms with Crippen molar-refractivity contribution in [1.29, 1.82) is 0 Å². The van der Waals surface area contributed by atoms with Crippen molar-refractivity contribution in [2.24, 2.45) is 11.3 Å². The topological polar surface area (TPSA) is 32.3 Å². The lowest BCUT2D eigenvalue weighted by Gasteiger charge is -2.40. The van der Waals surface area contributed by atoms with Crippen molar-refractivity contribution in [2.75, 3.05) is 19.6 Å². The summed E-state index contributed by atoms with van der Waals surface area (Å²) in [5.74, 6) is 0.613. The summed E-state index contributed by atoms with van der Waals surface area (Å²) in [7, 11) is 0. The van der Waals surface area contributed by atoms with Crippen LogP contribution in [0.15, 0.2) is 0 Å². The Bertz CT molecular complexity index is 282. The van der Waals surface area contributed by atoms with Gasteiger partial charge in [0, 0.05) is 19.1 Å². The van der Waals surface area contributed by atoms with E-state index < -0.39 is 0 Å². The van der Waals surface area contributed by atoms with Gasteiger partial charge < -0.3 is 10.2 Å². The summed E-state index contributed by atoms with van der Waals surface area (Å²) >= 11 is 0. The number of nitrogens with zero attached hydrogens (tertiary/aromatic N) is 1. The van der Waals surface area contributed by atoms with Crippen molar-refractivity contribution in [2.45, 2.75) is 52.5 Å². The van der Waals surface area contributed by atoms with Gasteiger partial charge in [-0.3, -0.25) is 4.79 Å². The molecule has 0 aromatic carbocycles. The fraction of sp³-hybridized carbons (Fsp3) is 0.929. The predicted molar refractivity (Wildman–Crippen MR) is 69.8 cm³/mol. The molecular formula is C14H26N2O. The maximum absolute atomic E-state index is 12.4. The molecule has 3 nitrogen and oxygen atoms in total. The Kier molecular flexibility index (Phi) is 3.76. The molecule has 2 atom stereocenters. The Morgan fingerprint density at radius 2 is 2.06 bits per heavy atom. The van der Waals surface area contributed by atoms with Crippen LogP contribution in [0.4, 0.5) is 0 Å². The quantitative estimate of drug-likeness (QED) is 0.798. The summed E-state index contributed by atoms with van der Waals surface area (Å²) in [6, 6.07) is 0.363. The predicted octanol–water partition coefficient (Wildman–Crippen LogP) is 2.02. The Labute approximate surface area is 105 Å². The minimum Gasteiger partial charge on any atom is -0.342 e. The molecule has 1 N–H and O–H groups in total. The third-order valence-electron chi connectivity index (χ3n) is 4.98. The van der Waals surface area contributed by atoms with Crippen molar-refractivity contribution in [3.63, 3.8) is 0 Å². The summed E-state index contributed by atoms with van der Waals surface area (Å²) in [4.78, 5) is 14.5. The van der Waals surface area contributed by atoms with Crippen LogP contribution < -0.4 is 5.32 Å². The Morgan fingerprint density at radius 3 is 2.53 bits per heavy atom. The molecule has 0 saturated carbocycles. The van der Waals surface area contributed by atoms with Crippen LogP contribution in [0.5, 0.6) is 0 Å². The fourth-order valence-corrected chi connectivity index (χ4v) is 3.05. The molecule has 0 aromatic heterocycles. The molecule has 2 aliphatic heterocycles. The first kappa shape index (κ1) is 12.9. The van der Waals surface area contributed by atoms with Crippen LogP contribution in [-0.4, -0.2) is 36.5 Å². The van der Waals surface area contributed by atoms with E-state index in [1.54, 1.807) is 0 Å². The number of likely N-dealkylation sites (tertiary alicyclic amines) is 1. The molecule has 2 aliphatic rings. The van der Waals surface area contributed by atoms with Crippen LogP contribution in [0, 0.1) is 11.3 Å². The molecule has 3 heteroatoms. The average molecular weight is 238 g/mol. The SMILES string of the molecule is CCC1(C)CCN(C(=O)C2CCNC2C)CC1. The lowest BCUT2D eigenvalue weighted by molar-refractivity contribution is -0.137.